The van der Waals surface area contributed by atoms with Gasteiger partial charge in [0.1, 0.15) is 19.6 Å². The van der Waals surface area contributed by atoms with Crippen LogP contribution in [0.5, 0.6) is 0 Å². The summed E-state index contributed by atoms with van der Waals surface area (Å²) in [6.45, 7) is 7.60. The number of nitrogens with one attached hydrogen (secondary N) is 4. The Morgan fingerprint density at radius 2 is 0.986 bits per heavy atom. The first-order valence-corrected chi connectivity index (χ1v) is 27.2. The maximum absolute atomic E-state index is 14.1. The lowest BCUT2D eigenvalue weighted by atomic mass is 9.96. The van der Waals surface area contributed by atoms with Gasteiger partial charge >= 0.3 is 6.03 Å². The van der Waals surface area contributed by atoms with Crippen molar-refractivity contribution >= 4 is 125 Å². The predicted molar refractivity (Wildman–Crippen MR) is 253 cm³/mol. The molecular weight excluding hydrogens is 1060 g/mol. The minimum atomic E-state index is -5.46. The van der Waals surface area contributed by atoms with Gasteiger partial charge in [0.05, 0.1) is 28.3 Å². The molecule has 378 valence electrons. The second-order valence-electron chi connectivity index (χ2n) is 15.4. The third kappa shape index (κ3) is 11.5. The molecule has 0 aliphatic carbocycles. The Kier molecular flexibility index (Phi) is 14.8. The van der Waals surface area contributed by atoms with Crippen LogP contribution in [0.1, 0.15) is 48.5 Å². The van der Waals surface area contributed by atoms with Crippen molar-refractivity contribution in [2.24, 2.45) is 0 Å². The van der Waals surface area contributed by atoms with E-state index in [-0.39, 0.29) is 56.3 Å². The number of urea groups is 1. The zero-order valence-corrected chi connectivity index (χ0v) is 41.5. The molecule has 0 aliphatic rings. The molecule has 71 heavy (non-hydrogen) atoms. The molecule has 6 aromatic carbocycles. The summed E-state index contributed by atoms with van der Waals surface area (Å²) in [4.78, 5) is 36.1. The van der Waals surface area contributed by atoms with Gasteiger partial charge in [-0.05, 0) is 117 Å². The van der Waals surface area contributed by atoms with Crippen LogP contribution in [-0.4, -0.2) is 88.0 Å². The fourth-order valence-electron chi connectivity index (χ4n) is 7.71. The Balaban J connectivity index is 1.34. The Labute approximate surface area is 407 Å². The number of carbonyl (C=O) groups excluding carboxylic acids is 3. The van der Waals surface area contributed by atoms with E-state index in [0.29, 0.717) is 34.9 Å². The number of carbonyl (C=O) groups is 3. The fraction of sp³-hybridized carbons (Fsp3) is 0.125. The molecule has 0 fully saturated rings. The molecule has 0 aliphatic heterocycles. The SMILES string of the molecule is Cc1cc(C)c(C(=O)Nc2ccc(S(=O)(=O)O)c3cc(S(=O)(=O)O)cc(S(=O)(=O)O)c23)cc1NC(=O)Nc1c(C)cc(C)c(C(=O)Nc2ccc(S(=O)(=O)O)c3cc(SOOO)cc(S(=O)(=O)O)c23)c1C. The summed E-state index contributed by atoms with van der Waals surface area (Å²) in [6, 6.07) is 9.12. The molecule has 0 saturated heterocycles. The van der Waals surface area contributed by atoms with Gasteiger partial charge in [-0.25, -0.2) is 10.1 Å². The molecule has 0 spiro atoms. The van der Waals surface area contributed by atoms with Crippen molar-refractivity contribution in [3.05, 3.63) is 106 Å². The molecule has 0 saturated carbocycles. The minimum absolute atomic E-state index is 0.00787. The molecule has 0 radical (unpaired) electrons. The highest BCUT2D eigenvalue weighted by molar-refractivity contribution is 7.94. The summed E-state index contributed by atoms with van der Waals surface area (Å²) in [5.41, 5.74) is 0.453. The molecule has 6 rings (SSSR count). The Bertz CT molecular complexity index is 3900. The summed E-state index contributed by atoms with van der Waals surface area (Å²) in [5.74, 6) is -1.96. The zero-order chi connectivity index (χ0) is 53.1. The van der Waals surface area contributed by atoms with Gasteiger partial charge in [0.15, 0.2) is 0 Å². The van der Waals surface area contributed by atoms with Gasteiger partial charge in [0.2, 0.25) is 0 Å². The number of hydrogen-bond acceptors (Lipinski definition) is 17. The summed E-state index contributed by atoms with van der Waals surface area (Å²) >= 11 is 0.185. The average Bonchev–Trinajstić information content (AvgIpc) is 3.22. The van der Waals surface area contributed by atoms with Gasteiger partial charge in [0, 0.05) is 48.9 Å². The van der Waals surface area contributed by atoms with E-state index in [1.54, 1.807) is 13.8 Å². The van der Waals surface area contributed by atoms with Gasteiger partial charge in [-0.3, -0.25) is 32.4 Å². The number of benzene rings is 6. The normalized spacial score (nSPS) is 12.5. The molecule has 25 nitrogen and oxygen atoms in total. The van der Waals surface area contributed by atoms with Gasteiger partial charge in [-0.15, -0.1) is 4.33 Å². The molecule has 0 atom stereocenters. The number of fused-ring (bicyclic) bond motifs is 2. The smallest absolute Gasteiger partial charge is 0.321 e. The van der Waals surface area contributed by atoms with E-state index in [0.717, 1.165) is 30.3 Å². The van der Waals surface area contributed by atoms with E-state index in [1.165, 1.54) is 39.0 Å². The van der Waals surface area contributed by atoms with E-state index < -0.39 is 120 Å². The molecule has 31 heteroatoms. The first-order chi connectivity index (χ1) is 32.6. The van der Waals surface area contributed by atoms with Crippen LogP contribution in [0.15, 0.2) is 96.1 Å². The number of rotatable bonds is 14. The van der Waals surface area contributed by atoms with Crippen molar-refractivity contribution in [2.45, 2.75) is 64.0 Å². The van der Waals surface area contributed by atoms with Crippen molar-refractivity contribution < 1.29 is 93.9 Å². The molecular formula is C40H36N4O21S6. The fourth-order valence-corrected chi connectivity index (χ4v) is 11.7. The topological polar surface area (TPSA) is 410 Å². The third-order valence-corrected chi connectivity index (χ3v) is 15.6. The Hall–Kier alpha value is -6.17. The molecule has 4 amide bonds. The van der Waals surface area contributed by atoms with E-state index in [2.05, 4.69) is 30.6 Å². The molecule has 0 unspecified atom stereocenters. The number of anilines is 4. The van der Waals surface area contributed by atoms with Gasteiger partial charge in [-0.2, -0.15) is 42.1 Å². The molecule has 0 aromatic heterocycles. The number of hydrogen-bond donors (Lipinski definition) is 10. The maximum atomic E-state index is 14.1. The minimum Gasteiger partial charge on any atom is -0.321 e. The Morgan fingerprint density at radius 3 is 1.49 bits per heavy atom. The monoisotopic (exact) mass is 1100 g/mol. The van der Waals surface area contributed by atoms with E-state index in [4.69, 9.17) is 5.26 Å². The van der Waals surface area contributed by atoms with Gasteiger partial charge in [0.25, 0.3) is 62.4 Å². The molecule has 0 heterocycles. The van der Waals surface area contributed by atoms with Crippen LogP contribution >= 0.6 is 12.0 Å². The van der Waals surface area contributed by atoms with Crippen LogP contribution < -0.4 is 21.3 Å². The molecule has 10 N–H and O–H groups in total. The zero-order valence-electron chi connectivity index (χ0n) is 36.6. The van der Waals surface area contributed by atoms with Crippen LogP contribution in [-0.2, 0) is 60.0 Å². The van der Waals surface area contributed by atoms with Gasteiger partial charge in [-0.1, -0.05) is 17.2 Å². The first-order valence-electron chi connectivity index (χ1n) is 19.3. The lowest BCUT2D eigenvalue weighted by Gasteiger charge is -2.20. The van der Waals surface area contributed by atoms with E-state index >= 15 is 0 Å². The third-order valence-electron chi connectivity index (χ3n) is 10.6. The van der Waals surface area contributed by atoms with Crippen LogP contribution in [0.25, 0.3) is 21.5 Å². The molecule has 0 bridgehead atoms. The van der Waals surface area contributed by atoms with Crippen LogP contribution in [0, 0.1) is 34.6 Å². The van der Waals surface area contributed by atoms with Gasteiger partial charge < -0.3 is 21.3 Å². The first kappa shape index (κ1) is 54.2. The summed E-state index contributed by atoms with van der Waals surface area (Å²) in [5, 5.41) is 19.4. The largest absolute Gasteiger partial charge is 0.323 e. The maximum Gasteiger partial charge on any atom is 0.323 e. The van der Waals surface area contributed by atoms with Crippen molar-refractivity contribution in [1.82, 2.24) is 0 Å². The highest BCUT2D eigenvalue weighted by Crippen LogP contribution is 2.40. The van der Waals surface area contributed by atoms with Crippen molar-refractivity contribution in [1.29, 1.82) is 0 Å². The summed E-state index contributed by atoms with van der Waals surface area (Å²) in [7, 11) is -26.3. The van der Waals surface area contributed by atoms with Crippen molar-refractivity contribution in [2.75, 3.05) is 21.3 Å². The second kappa shape index (κ2) is 19.4. The highest BCUT2D eigenvalue weighted by Gasteiger charge is 2.30. The number of aryl methyl sites for hydroxylation is 4. The predicted octanol–water partition coefficient (Wildman–Crippen LogP) is 6.35. The van der Waals surface area contributed by atoms with E-state index in [9.17, 15) is 79.2 Å². The van der Waals surface area contributed by atoms with Crippen molar-refractivity contribution in [3.63, 3.8) is 0 Å². The molecule has 6 aromatic rings. The Morgan fingerprint density at radius 1 is 0.493 bits per heavy atom. The summed E-state index contributed by atoms with van der Waals surface area (Å²) < 4.78 is 178. The standard InChI is InChI=1S/C40H36N4O21S6/c1-17-10-18(2)29(16-24(17)38(45)41-27-6-9-31(69(55,56)57)26-14-23(67(49,50)51)15-33(36(26)27)71(61,62)63)43-40(47)44-37-20(4)11-19(3)34(21(37)5)39(46)42-28-7-8-30(68(52,53)54)25-12-22(66-65-64-48)13-32(35(25)28)70(58,59)60/h6-16,48H,1-5H3,(H,41,45)(H,42,46)(H2,43,44,47)(H,49,50,51)(H,52,53,54)(H,55,56,57)(H,58,59,60)(H,61,62,63). The number of amides is 4. The lowest BCUT2D eigenvalue weighted by molar-refractivity contribution is -0.432. The van der Waals surface area contributed by atoms with Crippen LogP contribution in [0.2, 0.25) is 0 Å². The van der Waals surface area contributed by atoms with Crippen LogP contribution in [0.3, 0.4) is 0 Å². The van der Waals surface area contributed by atoms with E-state index in [1.807, 2.05) is 0 Å². The highest BCUT2D eigenvalue weighted by atomic mass is 32.2. The van der Waals surface area contributed by atoms with Crippen molar-refractivity contribution in [3.8, 4) is 0 Å². The summed E-state index contributed by atoms with van der Waals surface area (Å²) in [6.07, 6.45) is 0. The quantitative estimate of drug-likeness (QED) is 0.0246. The second-order valence-corrected chi connectivity index (χ2v) is 23.1. The lowest BCUT2D eigenvalue weighted by Crippen LogP contribution is -2.23. The van der Waals surface area contributed by atoms with Crippen LogP contribution in [0.4, 0.5) is 27.5 Å². The average molecular weight is 1100 g/mol.